The second kappa shape index (κ2) is 6.20. The number of carbonyl (C=O) groups is 1. The quantitative estimate of drug-likeness (QED) is 0.717. The first-order chi connectivity index (χ1) is 11.4. The maximum Gasteiger partial charge on any atom is 0.329 e. The minimum Gasteiger partial charge on any atom is -0.392 e. The van der Waals surface area contributed by atoms with Crippen LogP contribution in [-0.4, -0.2) is 38.2 Å². The Kier molecular flexibility index (Phi) is 4.23. The van der Waals surface area contributed by atoms with Gasteiger partial charge in [-0.2, -0.15) is 0 Å². The van der Waals surface area contributed by atoms with Crippen molar-refractivity contribution < 1.29 is 9.90 Å². The molecule has 128 valence electrons. The number of amides is 1. The number of aryl methyl sites for hydroxylation is 1. The van der Waals surface area contributed by atoms with Gasteiger partial charge in [0.2, 0.25) is 0 Å². The fourth-order valence-electron chi connectivity index (χ4n) is 2.69. The lowest BCUT2D eigenvalue weighted by Gasteiger charge is -2.13. The number of aliphatic hydroxyl groups excluding tert-OH is 1. The number of hydrogen-bond acceptors (Lipinski definition) is 5. The van der Waals surface area contributed by atoms with Crippen LogP contribution in [0.5, 0.6) is 0 Å². The molecule has 3 N–H and O–H groups in total. The topological polar surface area (TPSA) is 117 Å². The number of aromatic amines is 1. The highest BCUT2D eigenvalue weighted by atomic mass is 16.3. The van der Waals surface area contributed by atoms with Crippen LogP contribution in [0.15, 0.2) is 15.7 Å². The molecular formula is C16H20N4O4. The Morgan fingerprint density at radius 1 is 1.50 bits per heavy atom. The number of hydrogen-bond donors (Lipinski definition) is 3. The van der Waals surface area contributed by atoms with Gasteiger partial charge in [-0.15, -0.1) is 0 Å². The average Bonchev–Trinajstić information content (AvgIpc) is 3.36. The van der Waals surface area contributed by atoms with Gasteiger partial charge in [-0.1, -0.05) is 0 Å². The molecule has 0 spiro atoms. The van der Waals surface area contributed by atoms with Crippen LogP contribution in [0.4, 0.5) is 0 Å². The largest absolute Gasteiger partial charge is 0.392 e. The molecule has 2 aromatic heterocycles. The molecular weight excluding hydrogens is 312 g/mol. The molecule has 1 amide bonds. The van der Waals surface area contributed by atoms with E-state index in [1.165, 1.54) is 4.57 Å². The van der Waals surface area contributed by atoms with Crippen molar-refractivity contribution in [2.75, 3.05) is 6.54 Å². The summed E-state index contributed by atoms with van der Waals surface area (Å²) >= 11 is 0. The van der Waals surface area contributed by atoms with Crippen LogP contribution in [0.1, 0.15) is 48.7 Å². The smallest absolute Gasteiger partial charge is 0.329 e. The zero-order valence-corrected chi connectivity index (χ0v) is 13.6. The van der Waals surface area contributed by atoms with E-state index in [2.05, 4.69) is 15.3 Å². The molecule has 0 bridgehead atoms. The van der Waals surface area contributed by atoms with Gasteiger partial charge < -0.3 is 10.4 Å². The van der Waals surface area contributed by atoms with Crippen molar-refractivity contribution in [3.05, 3.63) is 38.2 Å². The van der Waals surface area contributed by atoms with Gasteiger partial charge in [0.25, 0.3) is 11.5 Å². The highest BCUT2D eigenvalue weighted by Crippen LogP contribution is 2.39. The lowest BCUT2D eigenvalue weighted by atomic mass is 10.1. The highest BCUT2D eigenvalue weighted by Gasteiger charge is 2.28. The van der Waals surface area contributed by atoms with Crippen LogP contribution in [0.3, 0.4) is 0 Å². The Hall–Kier alpha value is -2.48. The number of fused-ring (bicyclic) bond motifs is 1. The van der Waals surface area contributed by atoms with Gasteiger partial charge in [0.1, 0.15) is 0 Å². The van der Waals surface area contributed by atoms with Crippen molar-refractivity contribution in [1.82, 2.24) is 19.9 Å². The Labute approximate surface area is 137 Å². The highest BCUT2D eigenvalue weighted by molar-refractivity contribution is 6.05. The van der Waals surface area contributed by atoms with Crippen LogP contribution < -0.4 is 16.6 Å². The first-order valence-corrected chi connectivity index (χ1v) is 8.06. The second-order valence-electron chi connectivity index (χ2n) is 6.13. The minimum absolute atomic E-state index is 0.0761. The molecule has 0 aromatic carbocycles. The van der Waals surface area contributed by atoms with E-state index in [4.69, 9.17) is 0 Å². The fraction of sp³-hybridized carbons (Fsp3) is 0.500. The van der Waals surface area contributed by atoms with Crippen LogP contribution >= 0.6 is 0 Å². The normalized spacial score (nSPS) is 15.5. The van der Waals surface area contributed by atoms with E-state index < -0.39 is 23.3 Å². The number of aliphatic hydroxyl groups is 1. The summed E-state index contributed by atoms with van der Waals surface area (Å²) in [7, 11) is 0. The van der Waals surface area contributed by atoms with Crippen LogP contribution in [0.2, 0.25) is 0 Å². The number of nitrogens with zero attached hydrogens (tertiary/aromatic N) is 2. The summed E-state index contributed by atoms with van der Waals surface area (Å²) in [5, 5.41) is 12.0. The first kappa shape index (κ1) is 16.4. The Morgan fingerprint density at radius 3 is 2.79 bits per heavy atom. The third-order valence-corrected chi connectivity index (χ3v) is 4.08. The second-order valence-corrected chi connectivity index (χ2v) is 6.13. The lowest BCUT2D eigenvalue weighted by Crippen LogP contribution is -2.34. The van der Waals surface area contributed by atoms with Crippen LogP contribution in [-0.2, 0) is 6.54 Å². The summed E-state index contributed by atoms with van der Waals surface area (Å²) in [4.78, 5) is 43.5. The van der Waals surface area contributed by atoms with E-state index in [0.29, 0.717) is 6.54 Å². The zero-order valence-electron chi connectivity index (χ0n) is 13.6. The van der Waals surface area contributed by atoms with Crippen molar-refractivity contribution in [3.63, 3.8) is 0 Å². The van der Waals surface area contributed by atoms with Gasteiger partial charge in [-0.25, -0.2) is 9.78 Å². The summed E-state index contributed by atoms with van der Waals surface area (Å²) in [6.07, 6.45) is 1.26. The van der Waals surface area contributed by atoms with Crippen molar-refractivity contribution in [1.29, 1.82) is 0 Å². The summed E-state index contributed by atoms with van der Waals surface area (Å²) in [5.41, 5.74) is -0.0247. The van der Waals surface area contributed by atoms with Crippen molar-refractivity contribution in [2.24, 2.45) is 0 Å². The van der Waals surface area contributed by atoms with Gasteiger partial charge in [-0.05, 0) is 32.8 Å². The summed E-state index contributed by atoms with van der Waals surface area (Å²) in [5.74, 6) is -0.200. The number of H-pyrrole nitrogens is 1. The predicted octanol–water partition coefficient (Wildman–Crippen LogP) is 0.0927. The Morgan fingerprint density at radius 2 is 2.21 bits per heavy atom. The number of carbonyl (C=O) groups excluding carboxylic acids is 1. The van der Waals surface area contributed by atoms with E-state index in [-0.39, 0.29) is 29.1 Å². The van der Waals surface area contributed by atoms with Crippen molar-refractivity contribution in [3.8, 4) is 0 Å². The summed E-state index contributed by atoms with van der Waals surface area (Å²) < 4.78 is 1.36. The van der Waals surface area contributed by atoms with Crippen LogP contribution in [0.25, 0.3) is 11.0 Å². The summed E-state index contributed by atoms with van der Waals surface area (Å²) in [6, 6.07) is 1.62. The molecule has 1 fully saturated rings. The molecule has 1 aliphatic rings. The number of rotatable bonds is 5. The maximum atomic E-state index is 12.5. The molecule has 1 atom stereocenters. The SMILES string of the molecule is CCn1c(=O)[nH]c(=O)c2c(C(=O)NC[C@H](C)O)cc(C3CC3)nc21. The van der Waals surface area contributed by atoms with Gasteiger partial charge in [-0.3, -0.25) is 19.1 Å². The maximum absolute atomic E-state index is 12.5. The van der Waals surface area contributed by atoms with E-state index in [9.17, 15) is 19.5 Å². The monoisotopic (exact) mass is 332 g/mol. The van der Waals surface area contributed by atoms with Gasteiger partial charge in [0, 0.05) is 24.7 Å². The molecule has 0 unspecified atom stereocenters. The van der Waals surface area contributed by atoms with Crippen LogP contribution in [0, 0.1) is 0 Å². The van der Waals surface area contributed by atoms with Gasteiger partial charge >= 0.3 is 5.69 Å². The predicted molar refractivity (Wildman–Crippen MR) is 88.3 cm³/mol. The molecule has 0 radical (unpaired) electrons. The molecule has 8 nitrogen and oxygen atoms in total. The molecule has 2 aromatic rings. The third-order valence-electron chi connectivity index (χ3n) is 4.08. The fourth-order valence-corrected chi connectivity index (χ4v) is 2.69. The molecule has 0 saturated heterocycles. The van der Waals surface area contributed by atoms with E-state index in [1.807, 2.05) is 0 Å². The molecule has 0 aliphatic heterocycles. The van der Waals surface area contributed by atoms with E-state index in [1.54, 1.807) is 19.9 Å². The molecule has 1 saturated carbocycles. The molecule has 1 aliphatic carbocycles. The molecule has 24 heavy (non-hydrogen) atoms. The van der Waals surface area contributed by atoms with Gasteiger partial charge in [0.05, 0.1) is 17.1 Å². The molecule has 2 heterocycles. The van der Waals surface area contributed by atoms with Crippen molar-refractivity contribution in [2.45, 2.75) is 45.3 Å². The Bertz CT molecular complexity index is 909. The minimum atomic E-state index is -0.697. The average molecular weight is 332 g/mol. The Balaban J connectivity index is 2.24. The zero-order chi connectivity index (χ0) is 17.4. The summed E-state index contributed by atoms with van der Waals surface area (Å²) in [6.45, 7) is 3.74. The molecule has 3 rings (SSSR count). The number of aromatic nitrogens is 3. The van der Waals surface area contributed by atoms with Crippen molar-refractivity contribution >= 4 is 16.9 Å². The van der Waals surface area contributed by atoms with Gasteiger partial charge in [0.15, 0.2) is 5.65 Å². The standard InChI is InChI=1S/C16H20N4O4/c1-3-20-13-12(15(23)19-16(20)24)10(14(22)17-7-8(2)21)6-11(18-13)9-4-5-9/h6,8-9,21H,3-5,7H2,1-2H3,(H,17,22)(H,19,23,24)/t8-/m0/s1. The third kappa shape index (κ3) is 2.96. The number of nitrogens with one attached hydrogen (secondary N) is 2. The first-order valence-electron chi connectivity index (χ1n) is 8.06. The molecule has 8 heteroatoms. The lowest BCUT2D eigenvalue weighted by molar-refractivity contribution is 0.0925. The van der Waals surface area contributed by atoms with E-state index >= 15 is 0 Å². The number of pyridine rings is 1. The van der Waals surface area contributed by atoms with E-state index in [0.717, 1.165) is 18.5 Å².